The number of piperidine rings is 1. The molecule has 0 spiro atoms. The van der Waals surface area contributed by atoms with Crippen molar-refractivity contribution in [3.8, 4) is 0 Å². The number of urea groups is 1. The molecule has 2 aromatic rings. The Morgan fingerprint density at radius 1 is 1.07 bits per heavy atom. The fourth-order valence-corrected chi connectivity index (χ4v) is 6.07. The fourth-order valence-electron chi connectivity index (χ4n) is 6.07. The van der Waals surface area contributed by atoms with Gasteiger partial charge < -0.3 is 19.9 Å². The number of rotatable bonds is 9. The van der Waals surface area contributed by atoms with E-state index in [1.54, 1.807) is 27.7 Å². The van der Waals surface area contributed by atoms with Crippen molar-refractivity contribution >= 4 is 23.8 Å². The van der Waals surface area contributed by atoms with E-state index in [9.17, 15) is 19.2 Å². The van der Waals surface area contributed by atoms with E-state index in [0.717, 1.165) is 16.7 Å². The number of carbonyl (C=O) groups is 4. The van der Waals surface area contributed by atoms with Gasteiger partial charge in [-0.1, -0.05) is 66.2 Å². The van der Waals surface area contributed by atoms with Crippen LogP contribution >= 0.6 is 0 Å². The Balaban J connectivity index is 1.46. The molecule has 5 rings (SSSR count). The number of amides is 4. The summed E-state index contributed by atoms with van der Waals surface area (Å²) >= 11 is 0. The van der Waals surface area contributed by atoms with Crippen molar-refractivity contribution in [2.24, 2.45) is 5.92 Å². The third kappa shape index (κ3) is 5.82. The largest absolute Gasteiger partial charge is 0.466 e. The molecule has 3 aliphatic heterocycles. The molecule has 1 N–H and O–H groups in total. The average Bonchev–Trinajstić information content (AvgIpc) is 3.34. The van der Waals surface area contributed by atoms with Crippen LogP contribution in [-0.4, -0.2) is 77.3 Å². The molecule has 4 amide bonds. The Morgan fingerprint density at radius 3 is 2.40 bits per heavy atom. The highest BCUT2D eigenvalue weighted by Gasteiger charge is 2.47. The number of hydrogen-bond donors (Lipinski definition) is 1. The molecule has 0 radical (unpaired) electrons. The van der Waals surface area contributed by atoms with Crippen LogP contribution in [0.3, 0.4) is 0 Å². The number of aryl methyl sites for hydroxylation is 1. The van der Waals surface area contributed by atoms with Gasteiger partial charge in [-0.25, -0.2) is 4.79 Å². The highest BCUT2D eigenvalue weighted by molar-refractivity contribution is 6.03. The number of benzene rings is 2. The van der Waals surface area contributed by atoms with E-state index in [2.05, 4.69) is 11.9 Å². The first kappa shape index (κ1) is 29.1. The molecular weight excluding hydrogens is 532 g/mol. The van der Waals surface area contributed by atoms with Crippen LogP contribution in [-0.2, 0) is 25.5 Å². The summed E-state index contributed by atoms with van der Waals surface area (Å²) in [6.45, 7) is 9.11. The second kappa shape index (κ2) is 12.6. The molecule has 2 atom stereocenters. The summed E-state index contributed by atoms with van der Waals surface area (Å²) in [5, 5.41) is 3.01. The molecule has 1 saturated heterocycles. The third-order valence-electron chi connectivity index (χ3n) is 8.33. The first-order valence-corrected chi connectivity index (χ1v) is 14.6. The standard InChI is InChI=1S/C33H38N4O5/c1-4-17-36-27-21-37(31(39)28(27)29(34-33(36)41)24-13-11-22(3)12-14-24)26(20-23-9-7-6-8-10-23)30(38)35-18-15-25(16-19-35)32(40)42-5-2/h4,6-14,25-26,29H,1,5,15-21H2,2-3H3,(H,34,41)/t26-,29+/m1/s1. The minimum Gasteiger partial charge on any atom is -0.466 e. The van der Waals surface area contributed by atoms with Crippen molar-refractivity contribution in [3.63, 3.8) is 0 Å². The van der Waals surface area contributed by atoms with E-state index in [1.807, 2.05) is 61.5 Å². The highest BCUT2D eigenvalue weighted by atomic mass is 16.5. The van der Waals surface area contributed by atoms with Crippen LogP contribution in [0.5, 0.6) is 0 Å². The third-order valence-corrected chi connectivity index (χ3v) is 8.33. The minimum atomic E-state index is -0.774. The molecule has 9 nitrogen and oxygen atoms in total. The van der Waals surface area contributed by atoms with E-state index >= 15 is 0 Å². The predicted molar refractivity (Wildman–Crippen MR) is 158 cm³/mol. The fraction of sp³-hybridized carbons (Fsp3) is 0.394. The number of likely N-dealkylation sites (tertiary alicyclic amines) is 1. The number of ether oxygens (including phenoxy) is 1. The van der Waals surface area contributed by atoms with Crippen molar-refractivity contribution < 1.29 is 23.9 Å². The van der Waals surface area contributed by atoms with Gasteiger partial charge in [0.1, 0.15) is 6.04 Å². The second-order valence-corrected chi connectivity index (χ2v) is 11.0. The van der Waals surface area contributed by atoms with Gasteiger partial charge in [0.2, 0.25) is 5.91 Å². The average molecular weight is 571 g/mol. The van der Waals surface area contributed by atoms with Crippen molar-refractivity contribution in [2.45, 2.75) is 45.2 Å². The van der Waals surface area contributed by atoms with Gasteiger partial charge in [-0.15, -0.1) is 6.58 Å². The van der Waals surface area contributed by atoms with Gasteiger partial charge in [0.25, 0.3) is 5.91 Å². The normalized spacial score (nSPS) is 19.9. The maximum Gasteiger partial charge on any atom is 0.322 e. The van der Waals surface area contributed by atoms with Crippen molar-refractivity contribution in [1.82, 2.24) is 20.0 Å². The van der Waals surface area contributed by atoms with Crippen LogP contribution < -0.4 is 5.32 Å². The SMILES string of the molecule is C=CCN1C(=O)N[C@@H](c2ccc(C)cc2)C2=C1CN([C@H](Cc1ccccc1)C(=O)N1CCC(C(=O)OCC)CC1)C2=O. The van der Waals surface area contributed by atoms with Crippen LogP contribution in [0, 0.1) is 12.8 Å². The molecule has 2 aromatic carbocycles. The molecule has 0 aliphatic carbocycles. The second-order valence-electron chi connectivity index (χ2n) is 11.0. The Morgan fingerprint density at radius 2 is 1.76 bits per heavy atom. The zero-order chi connectivity index (χ0) is 29.8. The molecule has 42 heavy (non-hydrogen) atoms. The van der Waals surface area contributed by atoms with Gasteiger partial charge in [-0.05, 0) is 37.8 Å². The maximum absolute atomic E-state index is 14.3. The Hall–Kier alpha value is -4.40. The summed E-state index contributed by atoms with van der Waals surface area (Å²) in [7, 11) is 0. The van der Waals surface area contributed by atoms with Crippen LogP contribution in [0.25, 0.3) is 0 Å². The number of nitrogens with one attached hydrogen (secondary N) is 1. The van der Waals surface area contributed by atoms with Gasteiger partial charge in [0, 0.05) is 26.1 Å². The molecule has 9 heteroatoms. The molecule has 0 saturated carbocycles. The first-order valence-electron chi connectivity index (χ1n) is 14.6. The lowest BCUT2D eigenvalue weighted by molar-refractivity contribution is -0.152. The van der Waals surface area contributed by atoms with E-state index in [0.29, 0.717) is 50.2 Å². The summed E-state index contributed by atoms with van der Waals surface area (Å²) in [5.41, 5.74) is 3.89. The summed E-state index contributed by atoms with van der Waals surface area (Å²) in [6.07, 6.45) is 3.00. The van der Waals surface area contributed by atoms with Crippen LogP contribution in [0.2, 0.25) is 0 Å². The summed E-state index contributed by atoms with van der Waals surface area (Å²) in [6, 6.07) is 15.7. The minimum absolute atomic E-state index is 0.139. The number of nitrogens with zero attached hydrogens (tertiary/aromatic N) is 3. The van der Waals surface area contributed by atoms with Crippen LogP contribution in [0.1, 0.15) is 42.5 Å². The van der Waals surface area contributed by atoms with Crippen molar-refractivity contribution in [2.75, 3.05) is 32.8 Å². The van der Waals surface area contributed by atoms with Gasteiger partial charge in [0.05, 0.1) is 36.4 Å². The Labute approximate surface area is 246 Å². The van der Waals surface area contributed by atoms with Gasteiger partial charge in [-0.3, -0.25) is 19.3 Å². The molecule has 3 aliphatic rings. The maximum atomic E-state index is 14.3. The first-order chi connectivity index (χ1) is 20.3. The van der Waals surface area contributed by atoms with E-state index in [4.69, 9.17) is 4.74 Å². The Bertz CT molecular complexity index is 1380. The zero-order valence-corrected chi connectivity index (χ0v) is 24.3. The molecule has 1 fully saturated rings. The molecule has 3 heterocycles. The van der Waals surface area contributed by atoms with Crippen molar-refractivity contribution in [3.05, 3.63) is 95.2 Å². The number of hydrogen-bond acceptors (Lipinski definition) is 5. The van der Waals surface area contributed by atoms with Gasteiger partial charge >= 0.3 is 12.0 Å². The molecule has 0 bridgehead atoms. The molecule has 0 aromatic heterocycles. The number of carbonyl (C=O) groups excluding carboxylic acids is 4. The Kier molecular flexibility index (Phi) is 8.75. The van der Waals surface area contributed by atoms with Gasteiger partial charge in [-0.2, -0.15) is 0 Å². The zero-order valence-electron chi connectivity index (χ0n) is 24.3. The topological polar surface area (TPSA) is 99.3 Å². The lowest BCUT2D eigenvalue weighted by atomic mass is 9.94. The van der Waals surface area contributed by atoms with E-state index in [1.165, 1.54) is 0 Å². The van der Waals surface area contributed by atoms with Crippen LogP contribution in [0.15, 0.2) is 78.5 Å². The monoisotopic (exact) mass is 570 g/mol. The van der Waals surface area contributed by atoms with E-state index in [-0.39, 0.29) is 42.8 Å². The van der Waals surface area contributed by atoms with E-state index < -0.39 is 12.1 Å². The number of esters is 1. The lowest BCUT2D eigenvalue weighted by Gasteiger charge is -2.36. The summed E-state index contributed by atoms with van der Waals surface area (Å²) in [5.74, 6) is -0.876. The summed E-state index contributed by atoms with van der Waals surface area (Å²) < 4.78 is 5.20. The quantitative estimate of drug-likeness (QED) is 0.366. The predicted octanol–water partition coefficient (Wildman–Crippen LogP) is 3.76. The molecule has 220 valence electrons. The highest BCUT2D eigenvalue weighted by Crippen LogP contribution is 2.38. The molecule has 0 unspecified atom stereocenters. The van der Waals surface area contributed by atoms with Crippen molar-refractivity contribution in [1.29, 1.82) is 0 Å². The molecular formula is C33H38N4O5. The van der Waals surface area contributed by atoms with Gasteiger partial charge in [0.15, 0.2) is 0 Å². The van der Waals surface area contributed by atoms with Crippen LogP contribution in [0.4, 0.5) is 4.79 Å². The lowest BCUT2D eigenvalue weighted by Crippen LogP contribution is -2.53. The smallest absolute Gasteiger partial charge is 0.322 e. The summed E-state index contributed by atoms with van der Waals surface area (Å²) in [4.78, 5) is 59.0.